The van der Waals surface area contributed by atoms with Gasteiger partial charge in [0.2, 0.25) is 5.91 Å². The highest BCUT2D eigenvalue weighted by Crippen LogP contribution is 1.99. The van der Waals surface area contributed by atoms with Crippen LogP contribution in [0.5, 0.6) is 0 Å². The molecule has 0 aliphatic heterocycles. The highest BCUT2D eigenvalue weighted by Gasteiger charge is 2.08. The van der Waals surface area contributed by atoms with Gasteiger partial charge < -0.3 is 5.32 Å². The zero-order chi connectivity index (χ0) is 14.4. The Labute approximate surface area is 121 Å². The number of nitrogens with zero attached hydrogens (tertiary/aromatic N) is 4. The average molecular weight is 290 g/mol. The van der Waals surface area contributed by atoms with Gasteiger partial charge in [0.05, 0.1) is 13.0 Å². The van der Waals surface area contributed by atoms with Crippen molar-refractivity contribution in [3.05, 3.63) is 35.9 Å². The number of carbonyl (C=O) groups is 1. The van der Waals surface area contributed by atoms with Gasteiger partial charge in [0, 0.05) is 0 Å². The molecule has 20 heavy (non-hydrogen) atoms. The summed E-state index contributed by atoms with van der Waals surface area (Å²) in [6.45, 7) is 2.51. The number of aromatic nitrogens is 4. The minimum atomic E-state index is -0.198. The molecule has 0 aliphatic carbocycles. The van der Waals surface area contributed by atoms with Crippen LogP contribution in [-0.4, -0.2) is 31.2 Å². The zero-order valence-corrected chi connectivity index (χ0v) is 11.7. The maximum Gasteiger partial charge on any atom is 0.269 e. The Morgan fingerprint density at radius 2 is 2.10 bits per heavy atom. The molecule has 0 radical (unpaired) electrons. The van der Waals surface area contributed by atoms with E-state index in [1.54, 1.807) is 0 Å². The summed E-state index contributed by atoms with van der Waals surface area (Å²) in [6.07, 6.45) is 0.262. The molecule has 104 valence electrons. The molecule has 1 amide bonds. The molecule has 0 saturated carbocycles. The SMILES string of the molecule is CCn1nnc(NC(=S)NC(=O)Cc2ccccc2)n1. The van der Waals surface area contributed by atoms with E-state index in [2.05, 4.69) is 26.0 Å². The molecule has 2 aromatic rings. The van der Waals surface area contributed by atoms with Gasteiger partial charge in [-0.05, 0) is 29.9 Å². The lowest BCUT2D eigenvalue weighted by Crippen LogP contribution is -2.35. The molecule has 0 bridgehead atoms. The third-order valence-electron chi connectivity index (χ3n) is 2.42. The minimum absolute atomic E-state index is 0.154. The lowest BCUT2D eigenvalue weighted by molar-refractivity contribution is -0.119. The quantitative estimate of drug-likeness (QED) is 0.808. The summed E-state index contributed by atoms with van der Waals surface area (Å²) in [5, 5.41) is 17.0. The first kappa shape index (κ1) is 14.1. The van der Waals surface area contributed by atoms with E-state index in [4.69, 9.17) is 12.2 Å². The van der Waals surface area contributed by atoms with Crippen molar-refractivity contribution in [2.45, 2.75) is 19.9 Å². The monoisotopic (exact) mass is 290 g/mol. The summed E-state index contributed by atoms with van der Waals surface area (Å²) in [7, 11) is 0. The van der Waals surface area contributed by atoms with Gasteiger partial charge in [-0.25, -0.2) is 0 Å². The highest BCUT2D eigenvalue weighted by molar-refractivity contribution is 7.80. The number of thiocarbonyl (C=S) groups is 1. The summed E-state index contributed by atoms with van der Waals surface area (Å²) in [5.41, 5.74) is 0.919. The predicted octanol–water partition coefficient (Wildman–Crippen LogP) is 0.749. The van der Waals surface area contributed by atoms with Crippen LogP contribution in [0, 0.1) is 0 Å². The van der Waals surface area contributed by atoms with Gasteiger partial charge in [0.25, 0.3) is 5.95 Å². The molecule has 0 saturated heterocycles. The summed E-state index contributed by atoms with van der Waals surface area (Å²) < 4.78 is 0. The van der Waals surface area contributed by atoms with Crippen LogP contribution in [0.1, 0.15) is 12.5 Å². The van der Waals surface area contributed by atoms with Crippen LogP contribution in [0.2, 0.25) is 0 Å². The third kappa shape index (κ3) is 4.09. The molecule has 0 atom stereocenters. The van der Waals surface area contributed by atoms with Crippen molar-refractivity contribution in [1.82, 2.24) is 25.5 Å². The zero-order valence-electron chi connectivity index (χ0n) is 10.9. The molecular weight excluding hydrogens is 276 g/mol. The van der Waals surface area contributed by atoms with Crippen molar-refractivity contribution in [3.8, 4) is 0 Å². The van der Waals surface area contributed by atoms with E-state index < -0.39 is 0 Å². The smallest absolute Gasteiger partial charge is 0.269 e. The Hall–Kier alpha value is -2.35. The number of rotatable bonds is 4. The number of carbonyl (C=O) groups excluding carboxylic acids is 1. The number of amides is 1. The Balaban J connectivity index is 1.83. The maximum absolute atomic E-state index is 11.8. The largest absolute Gasteiger partial charge is 0.303 e. The van der Waals surface area contributed by atoms with Crippen LogP contribution in [0.3, 0.4) is 0 Å². The number of nitrogens with one attached hydrogen (secondary N) is 2. The van der Waals surface area contributed by atoms with Crippen molar-refractivity contribution in [1.29, 1.82) is 0 Å². The van der Waals surface area contributed by atoms with Gasteiger partial charge in [-0.15, -0.1) is 5.10 Å². The fourth-order valence-electron chi connectivity index (χ4n) is 1.51. The molecule has 1 aromatic heterocycles. The summed E-state index contributed by atoms with van der Waals surface area (Å²) >= 11 is 5.01. The van der Waals surface area contributed by atoms with Crippen LogP contribution < -0.4 is 10.6 Å². The predicted molar refractivity (Wildman–Crippen MR) is 78.0 cm³/mol. The summed E-state index contributed by atoms with van der Waals surface area (Å²) in [6, 6.07) is 9.42. The molecule has 8 heteroatoms. The fraction of sp³-hybridized carbons (Fsp3) is 0.250. The molecule has 0 fully saturated rings. The van der Waals surface area contributed by atoms with E-state index >= 15 is 0 Å². The molecule has 2 rings (SSSR count). The van der Waals surface area contributed by atoms with Crippen LogP contribution in [0.4, 0.5) is 5.95 Å². The molecular formula is C12H14N6OS. The second-order valence-electron chi connectivity index (χ2n) is 3.97. The second kappa shape index (κ2) is 6.71. The molecule has 7 nitrogen and oxygen atoms in total. The molecule has 1 aromatic carbocycles. The number of hydrogen-bond acceptors (Lipinski definition) is 5. The van der Waals surface area contributed by atoms with Crippen molar-refractivity contribution in [3.63, 3.8) is 0 Å². The molecule has 2 N–H and O–H groups in total. The Morgan fingerprint density at radius 3 is 2.75 bits per heavy atom. The lowest BCUT2D eigenvalue weighted by Gasteiger charge is -2.06. The van der Waals surface area contributed by atoms with Gasteiger partial charge in [-0.2, -0.15) is 4.80 Å². The van der Waals surface area contributed by atoms with E-state index in [0.29, 0.717) is 6.54 Å². The molecule has 1 heterocycles. The number of hydrogen-bond donors (Lipinski definition) is 2. The van der Waals surface area contributed by atoms with Crippen LogP contribution in [0.25, 0.3) is 0 Å². The standard InChI is InChI=1S/C12H14N6OS/c1-2-18-16-11(15-17-18)14-12(20)13-10(19)8-9-6-4-3-5-7-9/h3-7H,2,8H2,1H3,(H2,13,14,16,19,20). The lowest BCUT2D eigenvalue weighted by atomic mass is 10.1. The van der Waals surface area contributed by atoms with Gasteiger partial charge >= 0.3 is 0 Å². The van der Waals surface area contributed by atoms with Crippen LogP contribution in [0.15, 0.2) is 30.3 Å². The molecule has 0 unspecified atom stereocenters. The Bertz CT molecular complexity index is 597. The van der Waals surface area contributed by atoms with Crippen molar-refractivity contribution in [2.24, 2.45) is 0 Å². The van der Waals surface area contributed by atoms with E-state index in [9.17, 15) is 4.79 Å². The van der Waals surface area contributed by atoms with Gasteiger partial charge in [-0.3, -0.25) is 10.1 Å². The molecule has 0 spiro atoms. The molecule has 0 aliphatic rings. The van der Waals surface area contributed by atoms with E-state index in [1.165, 1.54) is 4.80 Å². The topological polar surface area (TPSA) is 84.7 Å². The highest BCUT2D eigenvalue weighted by atomic mass is 32.1. The maximum atomic E-state index is 11.8. The van der Waals surface area contributed by atoms with Crippen LogP contribution in [-0.2, 0) is 17.8 Å². The van der Waals surface area contributed by atoms with E-state index in [1.807, 2.05) is 37.3 Å². The van der Waals surface area contributed by atoms with Crippen molar-refractivity contribution < 1.29 is 4.79 Å². The number of benzene rings is 1. The normalized spacial score (nSPS) is 10.1. The second-order valence-corrected chi connectivity index (χ2v) is 4.37. The van der Waals surface area contributed by atoms with Crippen molar-refractivity contribution >= 4 is 29.2 Å². The summed E-state index contributed by atoms with van der Waals surface area (Å²) in [4.78, 5) is 13.2. The van der Waals surface area contributed by atoms with Gasteiger partial charge in [-0.1, -0.05) is 35.4 Å². The average Bonchev–Trinajstić information content (AvgIpc) is 2.87. The van der Waals surface area contributed by atoms with E-state index in [0.717, 1.165) is 5.56 Å². The van der Waals surface area contributed by atoms with Crippen molar-refractivity contribution in [2.75, 3.05) is 5.32 Å². The first-order chi connectivity index (χ1) is 9.67. The van der Waals surface area contributed by atoms with E-state index in [-0.39, 0.29) is 23.4 Å². The first-order valence-electron chi connectivity index (χ1n) is 6.10. The van der Waals surface area contributed by atoms with Crippen LogP contribution >= 0.6 is 12.2 Å². The third-order valence-corrected chi connectivity index (χ3v) is 2.63. The fourth-order valence-corrected chi connectivity index (χ4v) is 1.72. The number of anilines is 1. The Morgan fingerprint density at radius 1 is 1.35 bits per heavy atom. The number of tetrazole rings is 1. The minimum Gasteiger partial charge on any atom is -0.303 e. The number of aryl methyl sites for hydroxylation is 1. The van der Waals surface area contributed by atoms with Gasteiger partial charge in [0.15, 0.2) is 5.11 Å². The van der Waals surface area contributed by atoms with Gasteiger partial charge in [0.1, 0.15) is 0 Å². The first-order valence-corrected chi connectivity index (χ1v) is 6.50. The summed E-state index contributed by atoms with van der Waals surface area (Å²) in [5.74, 6) is 0.0634. The Kier molecular flexibility index (Phi) is 4.72.